The van der Waals surface area contributed by atoms with Gasteiger partial charge < -0.3 is 66.0 Å². The van der Waals surface area contributed by atoms with E-state index in [0.717, 1.165) is 35.1 Å². The van der Waals surface area contributed by atoms with Crippen LogP contribution in [0.2, 0.25) is 5.02 Å². The van der Waals surface area contributed by atoms with E-state index in [9.17, 15) is 61.0 Å². The lowest BCUT2D eigenvalue weighted by Gasteiger charge is -2.62. The monoisotopic (exact) mass is 726 g/mol. The molecule has 1 aromatic heterocycles. The summed E-state index contributed by atoms with van der Waals surface area (Å²) >= 11 is 5.93. The number of aldehydes is 1. The summed E-state index contributed by atoms with van der Waals surface area (Å²) in [6, 6.07) is 7.70. The fourth-order valence-electron chi connectivity index (χ4n) is 4.25. The van der Waals surface area contributed by atoms with E-state index in [4.69, 9.17) is 21.5 Å². The zero-order chi connectivity index (χ0) is 39.6. The zero-order valence-corrected chi connectivity index (χ0v) is 29.8. The molecule has 0 atom stereocenters. The van der Waals surface area contributed by atoms with Crippen LogP contribution in [0.1, 0.15) is 68.9 Å². The second-order valence-corrected chi connectivity index (χ2v) is 11.8. The molecule has 1 heterocycles. The summed E-state index contributed by atoms with van der Waals surface area (Å²) in [5.41, 5.74) is 1.22. The molecule has 0 aliphatic heterocycles. The molecule has 49 heavy (non-hydrogen) atoms. The number of likely N-dealkylation sites (N-methyl/N-ethyl adjacent to an activating group) is 1. The maximum atomic E-state index is 11.1. The minimum Gasteiger partial charge on any atom is -0.471 e. The summed E-state index contributed by atoms with van der Waals surface area (Å²) in [4.78, 5) is 24.5. The number of pyridine rings is 1. The molecule has 18 heteroatoms. The van der Waals surface area contributed by atoms with Crippen LogP contribution < -0.4 is 5.32 Å². The predicted octanol–water partition coefficient (Wildman–Crippen LogP) is -1.70. The number of nitrogens with zero attached hydrogens (tertiary/aromatic N) is 1. The van der Waals surface area contributed by atoms with Gasteiger partial charge in [-0.2, -0.15) is 0 Å². The van der Waals surface area contributed by atoms with E-state index in [0.29, 0.717) is 24.2 Å². The fraction of sp³-hybridized carbons (Fsp3) is 0.581. The molecule has 1 aliphatic rings. The van der Waals surface area contributed by atoms with Crippen molar-refractivity contribution in [1.29, 1.82) is 0 Å². The van der Waals surface area contributed by atoms with Crippen LogP contribution in [-0.2, 0) is 16.0 Å². The molecule has 0 unspecified atom stereocenters. The Morgan fingerprint density at radius 3 is 1.45 bits per heavy atom. The van der Waals surface area contributed by atoms with Crippen LogP contribution in [0.25, 0.3) is 11.1 Å². The van der Waals surface area contributed by atoms with Gasteiger partial charge >= 0.3 is 0 Å². The third-order valence-electron chi connectivity index (χ3n) is 6.80. The molecule has 1 fully saturated rings. The summed E-state index contributed by atoms with van der Waals surface area (Å²) in [7, 11) is 1.95. The minimum absolute atomic E-state index is 0.375. The van der Waals surface area contributed by atoms with Gasteiger partial charge in [0.05, 0.1) is 12.7 Å². The van der Waals surface area contributed by atoms with E-state index in [-0.39, 0.29) is 0 Å². The van der Waals surface area contributed by atoms with Crippen LogP contribution in [0.3, 0.4) is 0 Å². The third kappa shape index (κ3) is 9.75. The van der Waals surface area contributed by atoms with Gasteiger partial charge in [0.2, 0.25) is 5.72 Å². The molecule has 0 bridgehead atoms. The van der Waals surface area contributed by atoms with Gasteiger partial charge in [-0.3, -0.25) is 14.9 Å². The smallest absolute Gasteiger partial charge is 0.292 e. The number of hydrogen-bond donors (Lipinski definition) is 13. The Balaban J connectivity index is 0. The van der Waals surface area contributed by atoms with Crippen molar-refractivity contribution in [3.05, 3.63) is 51.8 Å². The highest BCUT2D eigenvalue weighted by Crippen LogP contribution is 2.52. The topological polar surface area (TPSA) is 311 Å². The highest BCUT2D eigenvalue weighted by molar-refractivity contribution is 6.30. The van der Waals surface area contributed by atoms with Gasteiger partial charge in [-0.05, 0) is 82.5 Å². The summed E-state index contributed by atoms with van der Waals surface area (Å²) in [5, 5.41) is 113. The van der Waals surface area contributed by atoms with Crippen LogP contribution in [0, 0.1) is 13.8 Å². The second-order valence-electron chi connectivity index (χ2n) is 11.4. The van der Waals surface area contributed by atoms with E-state index in [2.05, 4.69) is 16.6 Å². The number of aryl methyl sites for hydroxylation is 1. The Bertz CT molecular complexity index is 1320. The standard InChI is InChI=1S/C16H16ClNO.C7H15NO11.C4H10O.C2H4O2.C2H6/c1-4-14-11(3)18-15(9-19)10(2)16(14)12-5-7-13(17)8-6-12;1-8-2(9)3(10,11)5(14,15)7(18,19)6(16,17)4(2,12)13;1-4(2,3)5;1-4-2-3;1-2/h5-9H,4H2,1-3H3;8-19H,1H3;5H,1-3H3;2H,1H3;1-2H3. The molecule has 0 amide bonds. The zero-order valence-electron chi connectivity index (χ0n) is 29.1. The number of carbonyl (C=O) groups is 2. The first kappa shape index (κ1) is 48.4. The Morgan fingerprint density at radius 2 is 1.16 bits per heavy atom. The van der Waals surface area contributed by atoms with Crippen LogP contribution in [0.5, 0.6) is 0 Å². The van der Waals surface area contributed by atoms with E-state index >= 15 is 0 Å². The number of carbonyl (C=O) groups excluding carboxylic acids is 2. The fourth-order valence-corrected chi connectivity index (χ4v) is 4.37. The predicted molar refractivity (Wildman–Crippen MR) is 175 cm³/mol. The molecule has 1 saturated carbocycles. The molecule has 0 spiro atoms. The van der Waals surface area contributed by atoms with Crippen LogP contribution in [0.4, 0.5) is 0 Å². The number of aliphatic hydroxyl groups is 12. The van der Waals surface area contributed by atoms with Crippen LogP contribution in [0.15, 0.2) is 24.3 Å². The average molecular weight is 727 g/mol. The van der Waals surface area contributed by atoms with Gasteiger partial charge in [0.1, 0.15) is 5.69 Å². The van der Waals surface area contributed by atoms with E-state index < -0.39 is 40.3 Å². The summed E-state index contributed by atoms with van der Waals surface area (Å²) < 4.78 is 3.86. The Morgan fingerprint density at radius 1 is 0.816 bits per heavy atom. The molecule has 282 valence electrons. The van der Waals surface area contributed by atoms with Gasteiger partial charge in [-0.25, -0.2) is 4.98 Å². The van der Waals surface area contributed by atoms with Crippen molar-refractivity contribution in [2.24, 2.45) is 0 Å². The number of halogens is 1. The van der Waals surface area contributed by atoms with Crippen LogP contribution in [-0.4, -0.2) is 133 Å². The van der Waals surface area contributed by atoms with Gasteiger partial charge in [0.15, 0.2) is 6.29 Å². The summed E-state index contributed by atoms with van der Waals surface area (Å²) in [6.07, 6.45) is 1.71. The number of rotatable bonds is 5. The Hall–Kier alpha value is -2.72. The molecular formula is C31H51ClN2O15. The molecule has 2 aromatic rings. The largest absolute Gasteiger partial charge is 0.471 e. The van der Waals surface area contributed by atoms with Crippen molar-refractivity contribution in [2.75, 3.05) is 14.2 Å². The molecular weight excluding hydrogens is 676 g/mol. The van der Waals surface area contributed by atoms with Gasteiger partial charge in [-0.15, -0.1) is 0 Å². The van der Waals surface area contributed by atoms with Gasteiger partial charge in [0.25, 0.3) is 35.4 Å². The SMILES string of the molecule is CC.CC(C)(C)O.CCc1c(C)nc(C=O)c(C)c1-c1ccc(Cl)cc1.CNC1(O)C(O)(O)C(O)(O)C(O)(O)C(O)(O)C1(O)O.COC=O. The van der Waals surface area contributed by atoms with Crippen molar-refractivity contribution in [1.82, 2.24) is 10.3 Å². The first-order valence-corrected chi connectivity index (χ1v) is 15.0. The van der Waals surface area contributed by atoms with Crippen molar-refractivity contribution in [3.8, 4) is 11.1 Å². The van der Waals surface area contributed by atoms with E-state index in [1.54, 1.807) is 20.8 Å². The lowest BCUT2D eigenvalue weighted by atomic mass is 9.68. The number of methoxy groups -OCH3 is 1. The molecule has 1 aliphatic carbocycles. The number of ether oxygens (including phenoxy) is 1. The second kappa shape index (κ2) is 18.0. The maximum absolute atomic E-state index is 11.1. The van der Waals surface area contributed by atoms with Gasteiger partial charge in [0, 0.05) is 10.7 Å². The third-order valence-corrected chi connectivity index (χ3v) is 7.05. The van der Waals surface area contributed by atoms with E-state index in [1.807, 2.05) is 52.0 Å². The van der Waals surface area contributed by atoms with Crippen molar-refractivity contribution in [2.45, 2.75) is 102 Å². The normalized spacial score (nSPS) is 18.6. The number of aromatic nitrogens is 1. The highest BCUT2D eigenvalue weighted by atomic mass is 35.5. The number of nitrogens with one attached hydrogen (secondary N) is 1. The van der Waals surface area contributed by atoms with Crippen LogP contribution >= 0.6 is 11.6 Å². The highest BCUT2D eigenvalue weighted by Gasteiger charge is 2.91. The molecule has 13 N–H and O–H groups in total. The molecule has 3 rings (SSSR count). The lowest BCUT2D eigenvalue weighted by molar-refractivity contribution is -0.614. The first-order chi connectivity index (χ1) is 22.1. The minimum atomic E-state index is -4.68. The molecule has 0 saturated heterocycles. The first-order valence-electron chi connectivity index (χ1n) is 14.6. The van der Waals surface area contributed by atoms with Crippen molar-refractivity contribution in [3.63, 3.8) is 0 Å². The quantitative estimate of drug-likeness (QED) is 0.121. The summed E-state index contributed by atoms with van der Waals surface area (Å²) in [5.74, 6) is -22.8. The number of benzene rings is 1. The Labute approximate surface area is 289 Å². The van der Waals surface area contributed by atoms with E-state index in [1.165, 1.54) is 18.0 Å². The Kier molecular flexibility index (Phi) is 17.8. The average Bonchev–Trinajstić information content (AvgIpc) is 3.01. The molecule has 17 nitrogen and oxygen atoms in total. The van der Waals surface area contributed by atoms with Gasteiger partial charge in [-0.1, -0.05) is 44.5 Å². The summed E-state index contributed by atoms with van der Waals surface area (Å²) in [6.45, 7) is 15.6. The number of hydrogen-bond acceptors (Lipinski definition) is 17. The lowest BCUT2D eigenvalue weighted by Crippen LogP contribution is -2.97. The molecule has 1 aromatic carbocycles. The van der Waals surface area contributed by atoms with Crippen molar-refractivity contribution < 1.29 is 75.6 Å². The maximum Gasteiger partial charge on any atom is 0.292 e. The van der Waals surface area contributed by atoms with Crippen molar-refractivity contribution >= 4 is 24.4 Å². The molecule has 0 radical (unpaired) electrons.